The van der Waals surface area contributed by atoms with E-state index in [1.165, 1.54) is 12.1 Å². The number of hydrogen-bond acceptors (Lipinski definition) is 2. The van der Waals surface area contributed by atoms with Gasteiger partial charge in [0.1, 0.15) is 0 Å². The van der Waals surface area contributed by atoms with Crippen molar-refractivity contribution in [2.24, 2.45) is 0 Å². The third kappa shape index (κ3) is 4.57. The van der Waals surface area contributed by atoms with Crippen LogP contribution in [0.25, 0.3) is 0 Å². The van der Waals surface area contributed by atoms with Crippen molar-refractivity contribution < 1.29 is 22.3 Å². The van der Waals surface area contributed by atoms with E-state index in [1.807, 2.05) is 0 Å². The Kier molecular flexibility index (Phi) is 5.37. The lowest BCUT2D eigenvalue weighted by atomic mass is 10.3. The zero-order valence-electron chi connectivity index (χ0n) is 8.27. The minimum Gasteiger partial charge on any atom is -0.481 e. The second-order valence-corrected chi connectivity index (χ2v) is 2.80. The van der Waals surface area contributed by atoms with Gasteiger partial charge in [-0.25, -0.2) is 4.39 Å². The molecule has 1 rings (SSSR count). The predicted molar refractivity (Wildman–Crippen MR) is 54.7 cm³/mol. The van der Waals surface area contributed by atoms with Crippen LogP contribution in [-0.2, 0) is 0 Å². The molecule has 1 aromatic carbocycles. The van der Waals surface area contributed by atoms with Crippen LogP contribution in [0, 0.1) is 5.82 Å². The molecule has 0 amide bonds. The topological polar surface area (TPSA) is 21.3 Å². The van der Waals surface area contributed by atoms with Gasteiger partial charge in [0.15, 0.2) is 18.2 Å². The van der Waals surface area contributed by atoms with Crippen LogP contribution in [0.5, 0.6) is 5.75 Å². The Morgan fingerprint density at radius 2 is 1.94 bits per heavy atom. The van der Waals surface area contributed by atoms with Crippen LogP contribution in [-0.4, -0.2) is 19.8 Å². The molecule has 0 unspecified atom stereocenters. The van der Waals surface area contributed by atoms with Crippen molar-refractivity contribution in [2.75, 3.05) is 19.0 Å². The molecule has 0 atom stereocenters. The summed E-state index contributed by atoms with van der Waals surface area (Å²) in [6.45, 7) is -1.50. The molecule has 0 heterocycles. The fourth-order valence-corrected chi connectivity index (χ4v) is 0.929. The van der Waals surface area contributed by atoms with Gasteiger partial charge in [0, 0.05) is 18.8 Å². The molecule has 0 bridgehead atoms. The summed E-state index contributed by atoms with van der Waals surface area (Å²) in [5.74, 6) is -1.24. The second-order valence-electron chi connectivity index (χ2n) is 2.80. The molecule has 0 aliphatic rings. The Hall–Kier alpha value is -1.17. The lowest BCUT2D eigenvalue weighted by Gasteiger charge is -2.10. The van der Waals surface area contributed by atoms with Crippen molar-refractivity contribution in [3.63, 3.8) is 0 Å². The summed E-state index contributed by atoms with van der Waals surface area (Å²) >= 11 is 0. The van der Waals surface area contributed by atoms with E-state index in [0.29, 0.717) is 5.69 Å². The predicted octanol–water partition coefficient (Wildman–Crippen LogP) is 3.23. The second kappa shape index (κ2) is 5.79. The number of alkyl halides is 3. The summed E-state index contributed by atoms with van der Waals surface area (Å²) in [4.78, 5) is 0. The third-order valence-electron chi connectivity index (χ3n) is 1.61. The molecule has 0 radical (unpaired) electrons. The van der Waals surface area contributed by atoms with Crippen molar-refractivity contribution in [3.8, 4) is 5.75 Å². The average molecular weight is 260 g/mol. The Labute approximate surface area is 96.0 Å². The first-order valence-corrected chi connectivity index (χ1v) is 4.09. The van der Waals surface area contributed by atoms with Crippen LogP contribution >= 0.6 is 12.4 Å². The molecule has 0 fully saturated rings. The fraction of sp³-hybridized carbons (Fsp3) is 0.333. The van der Waals surface area contributed by atoms with E-state index in [9.17, 15) is 17.6 Å². The van der Waals surface area contributed by atoms with E-state index >= 15 is 0 Å². The van der Waals surface area contributed by atoms with Gasteiger partial charge in [-0.05, 0) is 12.1 Å². The largest absolute Gasteiger partial charge is 0.481 e. The number of nitrogens with one attached hydrogen (secondary N) is 1. The first-order chi connectivity index (χ1) is 6.92. The summed E-state index contributed by atoms with van der Waals surface area (Å²) < 4.78 is 52.6. The highest BCUT2D eigenvalue weighted by atomic mass is 35.5. The molecule has 1 N–H and O–H groups in total. The van der Waals surface area contributed by atoms with Crippen LogP contribution in [0.1, 0.15) is 0 Å². The number of ether oxygens (including phenoxy) is 1. The zero-order chi connectivity index (χ0) is 11.5. The molecule has 2 nitrogen and oxygen atoms in total. The molecule has 1 aromatic rings. The molecule has 0 spiro atoms. The molecule has 0 saturated carbocycles. The molecule has 0 aliphatic carbocycles. The Bertz CT molecular complexity index is 343. The van der Waals surface area contributed by atoms with Crippen LogP contribution in [0.15, 0.2) is 18.2 Å². The summed E-state index contributed by atoms with van der Waals surface area (Å²) in [5.41, 5.74) is 0.480. The normalized spacial score (nSPS) is 10.6. The van der Waals surface area contributed by atoms with Crippen molar-refractivity contribution >= 4 is 18.1 Å². The van der Waals surface area contributed by atoms with Gasteiger partial charge in [0.05, 0.1) is 0 Å². The van der Waals surface area contributed by atoms with Crippen molar-refractivity contribution in [1.82, 2.24) is 0 Å². The third-order valence-corrected chi connectivity index (χ3v) is 1.61. The lowest BCUT2D eigenvalue weighted by Crippen LogP contribution is -2.19. The van der Waals surface area contributed by atoms with E-state index in [4.69, 9.17) is 0 Å². The molecular weight excluding hydrogens is 250 g/mol. The van der Waals surface area contributed by atoms with Crippen molar-refractivity contribution in [2.45, 2.75) is 6.18 Å². The summed E-state index contributed by atoms with van der Waals surface area (Å²) in [6, 6.07) is 3.61. The summed E-state index contributed by atoms with van der Waals surface area (Å²) in [6.07, 6.45) is -4.47. The monoisotopic (exact) mass is 259 g/mol. The molecule has 7 heteroatoms. The fourth-order valence-electron chi connectivity index (χ4n) is 0.929. The van der Waals surface area contributed by atoms with Crippen LogP contribution in [0.3, 0.4) is 0 Å². The van der Waals surface area contributed by atoms with Crippen molar-refractivity contribution in [3.05, 3.63) is 24.0 Å². The Balaban J connectivity index is 0.00000225. The number of hydrogen-bond donors (Lipinski definition) is 1. The molecular formula is C9H10ClF4NO. The van der Waals surface area contributed by atoms with Gasteiger partial charge in [-0.1, -0.05) is 0 Å². The zero-order valence-corrected chi connectivity index (χ0v) is 9.08. The number of halogens is 5. The van der Waals surface area contributed by atoms with E-state index in [-0.39, 0.29) is 12.4 Å². The number of rotatable bonds is 3. The van der Waals surface area contributed by atoms with Gasteiger partial charge in [0.25, 0.3) is 0 Å². The highest BCUT2D eigenvalue weighted by molar-refractivity contribution is 5.85. The average Bonchev–Trinajstić information content (AvgIpc) is 2.15. The minimum absolute atomic E-state index is 0. The Morgan fingerprint density at radius 3 is 2.44 bits per heavy atom. The SMILES string of the molecule is CNc1ccc(F)c(OCC(F)(F)F)c1.Cl. The van der Waals surface area contributed by atoms with Gasteiger partial charge in [-0.2, -0.15) is 13.2 Å². The smallest absolute Gasteiger partial charge is 0.422 e. The number of anilines is 1. The van der Waals surface area contributed by atoms with Crippen LogP contribution in [0.2, 0.25) is 0 Å². The Morgan fingerprint density at radius 1 is 1.31 bits per heavy atom. The molecule has 0 aromatic heterocycles. The highest BCUT2D eigenvalue weighted by Gasteiger charge is 2.28. The van der Waals surface area contributed by atoms with Gasteiger partial charge in [0.2, 0.25) is 0 Å². The number of benzene rings is 1. The molecule has 0 saturated heterocycles. The maximum atomic E-state index is 13.0. The van der Waals surface area contributed by atoms with E-state index < -0.39 is 24.3 Å². The van der Waals surface area contributed by atoms with E-state index in [2.05, 4.69) is 10.1 Å². The summed E-state index contributed by atoms with van der Waals surface area (Å²) in [5, 5.41) is 2.66. The van der Waals surface area contributed by atoms with Crippen LogP contribution < -0.4 is 10.1 Å². The van der Waals surface area contributed by atoms with E-state index in [1.54, 1.807) is 7.05 Å². The maximum absolute atomic E-state index is 13.0. The molecule has 0 aliphatic heterocycles. The minimum atomic E-state index is -4.47. The van der Waals surface area contributed by atoms with Crippen LogP contribution in [0.4, 0.5) is 23.2 Å². The lowest BCUT2D eigenvalue weighted by molar-refractivity contribution is -0.153. The summed E-state index contributed by atoms with van der Waals surface area (Å²) in [7, 11) is 1.57. The van der Waals surface area contributed by atoms with Crippen molar-refractivity contribution in [1.29, 1.82) is 0 Å². The first kappa shape index (κ1) is 14.8. The standard InChI is InChI=1S/C9H9F4NO.ClH/c1-14-6-2-3-7(10)8(4-6)15-5-9(11,12)13;/h2-4,14H,5H2,1H3;1H. The van der Waals surface area contributed by atoms with E-state index in [0.717, 1.165) is 6.07 Å². The quantitative estimate of drug-likeness (QED) is 0.842. The maximum Gasteiger partial charge on any atom is 0.422 e. The first-order valence-electron chi connectivity index (χ1n) is 4.09. The van der Waals surface area contributed by atoms with Gasteiger partial charge in [-0.15, -0.1) is 12.4 Å². The highest BCUT2D eigenvalue weighted by Crippen LogP contribution is 2.24. The van der Waals surface area contributed by atoms with Gasteiger partial charge in [-0.3, -0.25) is 0 Å². The van der Waals surface area contributed by atoms with Gasteiger partial charge < -0.3 is 10.1 Å². The molecule has 16 heavy (non-hydrogen) atoms. The van der Waals surface area contributed by atoms with Gasteiger partial charge >= 0.3 is 6.18 Å². The molecule has 92 valence electrons.